The van der Waals surface area contributed by atoms with Crippen LogP contribution in [0.1, 0.15) is 18.7 Å². The first-order valence-corrected chi connectivity index (χ1v) is 7.47. The van der Waals surface area contributed by atoms with Gasteiger partial charge in [-0.05, 0) is 24.4 Å². The molecule has 0 unspecified atom stereocenters. The van der Waals surface area contributed by atoms with Gasteiger partial charge in [-0.15, -0.1) is 0 Å². The summed E-state index contributed by atoms with van der Waals surface area (Å²) in [5.74, 6) is 2.19. The number of aromatic nitrogens is 5. The molecule has 3 rings (SSSR count). The van der Waals surface area contributed by atoms with Crippen molar-refractivity contribution in [3.05, 3.63) is 23.5 Å². The predicted molar refractivity (Wildman–Crippen MR) is 81.7 cm³/mol. The molecule has 0 aliphatic carbocycles. The Morgan fingerprint density at radius 3 is 2.76 bits per heavy atom. The van der Waals surface area contributed by atoms with Gasteiger partial charge in [-0.25, -0.2) is 4.98 Å². The molecule has 7 nitrogen and oxygen atoms in total. The highest BCUT2D eigenvalue weighted by atomic mass is 35.5. The van der Waals surface area contributed by atoms with Gasteiger partial charge in [0.25, 0.3) is 0 Å². The molecule has 2 aromatic rings. The number of rotatable bonds is 5. The minimum Gasteiger partial charge on any atom is -0.354 e. The summed E-state index contributed by atoms with van der Waals surface area (Å²) in [4.78, 5) is 19.2. The first-order valence-electron chi connectivity index (χ1n) is 7.09. The zero-order valence-corrected chi connectivity index (χ0v) is 12.7. The maximum absolute atomic E-state index is 5.99. The molecule has 1 aliphatic heterocycles. The third-order valence-electron chi connectivity index (χ3n) is 3.54. The second-order valence-electron chi connectivity index (χ2n) is 5.05. The van der Waals surface area contributed by atoms with E-state index < -0.39 is 0 Å². The first kappa shape index (κ1) is 14.1. The summed E-state index contributed by atoms with van der Waals surface area (Å²) in [5.41, 5.74) is 0. The summed E-state index contributed by atoms with van der Waals surface area (Å²) >= 11 is 5.99. The molecule has 21 heavy (non-hydrogen) atoms. The maximum Gasteiger partial charge on any atom is 0.231 e. The van der Waals surface area contributed by atoms with E-state index in [4.69, 9.17) is 11.6 Å². The van der Waals surface area contributed by atoms with Crippen molar-refractivity contribution < 1.29 is 0 Å². The molecule has 0 spiro atoms. The zero-order chi connectivity index (χ0) is 14.7. The Morgan fingerprint density at radius 2 is 2.05 bits per heavy atom. The third kappa shape index (κ3) is 3.41. The standard InChI is InChI=1S/C13H18ClN7/c1-20-9-6-15-10(20)4-5-16-12-17-11(14)18-13(19-12)21-7-2-3-8-21/h6,9H,2-5,7-8H2,1H3,(H,16,17,18,19). The summed E-state index contributed by atoms with van der Waals surface area (Å²) in [7, 11) is 1.98. The minimum absolute atomic E-state index is 0.228. The Morgan fingerprint density at radius 1 is 1.24 bits per heavy atom. The second kappa shape index (κ2) is 6.26. The molecule has 8 heteroatoms. The van der Waals surface area contributed by atoms with Gasteiger partial charge in [-0.1, -0.05) is 0 Å². The third-order valence-corrected chi connectivity index (χ3v) is 3.71. The molecule has 1 saturated heterocycles. The van der Waals surface area contributed by atoms with Crippen LogP contribution in [0.25, 0.3) is 0 Å². The van der Waals surface area contributed by atoms with Crippen molar-refractivity contribution in [3.8, 4) is 0 Å². The molecule has 0 aromatic carbocycles. The number of anilines is 2. The van der Waals surface area contributed by atoms with Gasteiger partial charge in [0, 0.05) is 45.5 Å². The van der Waals surface area contributed by atoms with Crippen LogP contribution in [0.15, 0.2) is 12.4 Å². The Labute approximate surface area is 128 Å². The average Bonchev–Trinajstić information content (AvgIpc) is 3.10. The van der Waals surface area contributed by atoms with E-state index >= 15 is 0 Å². The quantitative estimate of drug-likeness (QED) is 0.903. The molecule has 2 aromatic heterocycles. The lowest BCUT2D eigenvalue weighted by Crippen LogP contribution is -2.22. The molecule has 1 aliphatic rings. The van der Waals surface area contributed by atoms with Gasteiger partial charge in [-0.2, -0.15) is 15.0 Å². The molecular formula is C13H18ClN7. The molecule has 3 heterocycles. The van der Waals surface area contributed by atoms with E-state index in [0.717, 1.165) is 25.3 Å². The van der Waals surface area contributed by atoms with Crippen molar-refractivity contribution in [2.45, 2.75) is 19.3 Å². The van der Waals surface area contributed by atoms with E-state index in [1.54, 1.807) is 6.20 Å². The lowest BCUT2D eigenvalue weighted by atomic mass is 10.4. The second-order valence-corrected chi connectivity index (χ2v) is 5.39. The topological polar surface area (TPSA) is 71.8 Å². The molecular weight excluding hydrogens is 290 g/mol. The molecule has 0 radical (unpaired) electrons. The van der Waals surface area contributed by atoms with E-state index in [1.807, 2.05) is 17.8 Å². The zero-order valence-electron chi connectivity index (χ0n) is 12.0. The average molecular weight is 308 g/mol. The first-order chi connectivity index (χ1) is 10.2. The van der Waals surface area contributed by atoms with Gasteiger partial charge in [0.05, 0.1) is 0 Å². The highest BCUT2D eigenvalue weighted by Gasteiger charge is 2.16. The van der Waals surface area contributed by atoms with Gasteiger partial charge < -0.3 is 14.8 Å². The summed E-state index contributed by atoms with van der Waals surface area (Å²) in [5, 5.41) is 3.42. The van der Waals surface area contributed by atoms with E-state index in [9.17, 15) is 0 Å². The molecule has 0 saturated carbocycles. The molecule has 0 amide bonds. The highest BCUT2D eigenvalue weighted by Crippen LogP contribution is 2.18. The molecule has 1 fully saturated rings. The van der Waals surface area contributed by atoms with Gasteiger partial charge in [0.15, 0.2) is 0 Å². The minimum atomic E-state index is 0.228. The van der Waals surface area contributed by atoms with E-state index in [2.05, 4.69) is 30.2 Å². The number of hydrogen-bond donors (Lipinski definition) is 1. The highest BCUT2D eigenvalue weighted by molar-refractivity contribution is 6.28. The number of nitrogens with one attached hydrogen (secondary N) is 1. The summed E-state index contributed by atoms with van der Waals surface area (Å²) < 4.78 is 2.00. The van der Waals surface area contributed by atoms with Crippen molar-refractivity contribution in [2.75, 3.05) is 29.9 Å². The van der Waals surface area contributed by atoms with Gasteiger partial charge in [0.2, 0.25) is 17.2 Å². The van der Waals surface area contributed by atoms with Crippen LogP contribution in [0.5, 0.6) is 0 Å². The van der Waals surface area contributed by atoms with Crippen molar-refractivity contribution in [2.24, 2.45) is 7.05 Å². The normalized spacial score (nSPS) is 14.7. The maximum atomic E-state index is 5.99. The Kier molecular flexibility index (Phi) is 4.19. The lowest BCUT2D eigenvalue weighted by molar-refractivity contribution is 0.785. The van der Waals surface area contributed by atoms with Gasteiger partial charge >= 0.3 is 0 Å². The van der Waals surface area contributed by atoms with E-state index in [1.165, 1.54) is 12.8 Å². The van der Waals surface area contributed by atoms with Crippen molar-refractivity contribution in [1.82, 2.24) is 24.5 Å². The number of imidazole rings is 1. The predicted octanol–water partition coefficient (Wildman–Crippen LogP) is 1.51. The Hall–Kier alpha value is -1.89. The van der Waals surface area contributed by atoms with Crippen LogP contribution in [0, 0.1) is 0 Å². The van der Waals surface area contributed by atoms with Crippen LogP contribution < -0.4 is 10.2 Å². The fraction of sp³-hybridized carbons (Fsp3) is 0.538. The summed E-state index contributed by atoms with van der Waals surface area (Å²) in [6.07, 6.45) is 6.86. The van der Waals surface area contributed by atoms with Crippen molar-refractivity contribution >= 4 is 23.5 Å². The fourth-order valence-electron chi connectivity index (χ4n) is 2.40. The van der Waals surface area contributed by atoms with E-state index in [0.29, 0.717) is 18.4 Å². The Bertz CT molecular complexity index is 606. The number of halogens is 1. The fourth-order valence-corrected chi connectivity index (χ4v) is 2.56. The smallest absolute Gasteiger partial charge is 0.231 e. The van der Waals surface area contributed by atoms with Crippen molar-refractivity contribution in [3.63, 3.8) is 0 Å². The monoisotopic (exact) mass is 307 g/mol. The number of nitrogens with zero attached hydrogens (tertiary/aromatic N) is 6. The SMILES string of the molecule is Cn1ccnc1CCNc1nc(Cl)nc(N2CCCC2)n1. The number of hydrogen-bond acceptors (Lipinski definition) is 6. The summed E-state index contributed by atoms with van der Waals surface area (Å²) in [6, 6.07) is 0. The van der Waals surface area contributed by atoms with Crippen LogP contribution in [0.3, 0.4) is 0 Å². The van der Waals surface area contributed by atoms with Crippen LogP contribution in [0.4, 0.5) is 11.9 Å². The molecule has 1 N–H and O–H groups in total. The van der Waals surface area contributed by atoms with Crippen molar-refractivity contribution in [1.29, 1.82) is 0 Å². The number of aryl methyl sites for hydroxylation is 1. The molecule has 0 atom stereocenters. The lowest BCUT2D eigenvalue weighted by Gasteiger charge is -2.15. The van der Waals surface area contributed by atoms with Crippen LogP contribution in [-0.2, 0) is 13.5 Å². The van der Waals surface area contributed by atoms with Crippen LogP contribution >= 0.6 is 11.6 Å². The Balaban J connectivity index is 1.63. The summed E-state index contributed by atoms with van der Waals surface area (Å²) in [6.45, 7) is 2.66. The van der Waals surface area contributed by atoms with Crippen LogP contribution in [0.2, 0.25) is 5.28 Å². The van der Waals surface area contributed by atoms with Gasteiger partial charge in [-0.3, -0.25) is 0 Å². The largest absolute Gasteiger partial charge is 0.354 e. The van der Waals surface area contributed by atoms with Gasteiger partial charge in [0.1, 0.15) is 5.82 Å². The van der Waals surface area contributed by atoms with E-state index in [-0.39, 0.29) is 5.28 Å². The van der Waals surface area contributed by atoms with Crippen LogP contribution in [-0.4, -0.2) is 44.1 Å². The molecule has 112 valence electrons. The molecule has 0 bridgehead atoms.